The quantitative estimate of drug-likeness (QED) is 0.519. The maximum atomic E-state index is 12.3. The lowest BCUT2D eigenvalue weighted by Crippen LogP contribution is -2.68. The van der Waals surface area contributed by atoms with Gasteiger partial charge in [-0.3, -0.25) is 0 Å². The number of hydrogen-bond acceptors (Lipinski definition) is 4. The number of benzene rings is 2. The highest BCUT2D eigenvalue weighted by Crippen LogP contribution is 2.39. The number of carbonyl (C=O) groups is 1. The van der Waals surface area contributed by atoms with E-state index >= 15 is 0 Å². The van der Waals surface area contributed by atoms with Crippen LogP contribution in [-0.4, -0.2) is 45.4 Å². The Morgan fingerprint density at radius 1 is 0.914 bits per heavy atom. The minimum atomic E-state index is -2.64. The molecule has 0 bridgehead atoms. The highest BCUT2D eigenvalue weighted by molar-refractivity contribution is 6.99. The van der Waals surface area contributed by atoms with Crippen molar-refractivity contribution in [3.05, 3.63) is 60.7 Å². The van der Waals surface area contributed by atoms with E-state index in [0.29, 0.717) is 6.61 Å². The summed E-state index contributed by atoms with van der Waals surface area (Å²) in [4.78, 5) is 12.3. The topological polar surface area (TPSA) is 56.8 Å². The summed E-state index contributed by atoms with van der Waals surface area (Å²) in [6.45, 7) is 13.0. The van der Waals surface area contributed by atoms with Crippen LogP contribution in [0.15, 0.2) is 60.7 Å². The predicted octanol–water partition coefficient (Wildman–Crippen LogP) is 5.42. The molecule has 1 saturated carbocycles. The zero-order valence-electron chi connectivity index (χ0n) is 22.5. The summed E-state index contributed by atoms with van der Waals surface area (Å²) in [7, 11) is -0.848. The lowest BCUT2D eigenvalue weighted by molar-refractivity contribution is -0.0754. The smallest absolute Gasteiger partial charge is 0.407 e. The van der Waals surface area contributed by atoms with Gasteiger partial charge in [0.15, 0.2) is 0 Å². The molecule has 5 nitrogen and oxygen atoms in total. The van der Waals surface area contributed by atoms with Crippen LogP contribution in [-0.2, 0) is 13.9 Å². The molecule has 0 saturated heterocycles. The van der Waals surface area contributed by atoms with Crippen LogP contribution in [0.1, 0.15) is 67.2 Å². The summed E-state index contributed by atoms with van der Waals surface area (Å²) in [5.74, 6) is 0. The van der Waals surface area contributed by atoms with Gasteiger partial charge in [0.25, 0.3) is 8.32 Å². The van der Waals surface area contributed by atoms with Crippen LogP contribution in [0, 0.1) is 0 Å². The molecule has 0 atom stereocenters. The van der Waals surface area contributed by atoms with Crippen molar-refractivity contribution >= 4 is 24.8 Å². The highest BCUT2D eigenvalue weighted by atomic mass is 28.4. The van der Waals surface area contributed by atoms with Crippen molar-refractivity contribution in [1.29, 1.82) is 0 Å². The molecule has 6 heteroatoms. The molecule has 0 aliphatic heterocycles. The molecule has 1 amide bonds. The van der Waals surface area contributed by atoms with Crippen LogP contribution in [0.2, 0.25) is 5.04 Å². The summed E-state index contributed by atoms with van der Waals surface area (Å²) in [6, 6.07) is 21.5. The average Bonchev–Trinajstić information content (AvgIpc) is 2.80. The zero-order valence-corrected chi connectivity index (χ0v) is 23.5. The second kappa shape index (κ2) is 10.9. The van der Waals surface area contributed by atoms with E-state index in [0.717, 1.165) is 25.7 Å². The lowest BCUT2D eigenvalue weighted by Gasteiger charge is -2.46. The molecular weight excluding hydrogens is 454 g/mol. The van der Waals surface area contributed by atoms with Gasteiger partial charge >= 0.3 is 6.09 Å². The van der Waals surface area contributed by atoms with Gasteiger partial charge in [0.1, 0.15) is 5.60 Å². The van der Waals surface area contributed by atoms with Crippen molar-refractivity contribution in [2.75, 3.05) is 13.7 Å². The van der Waals surface area contributed by atoms with Crippen LogP contribution in [0.4, 0.5) is 4.79 Å². The second-order valence-corrected chi connectivity index (χ2v) is 16.1. The average molecular weight is 498 g/mol. The third-order valence-electron chi connectivity index (χ3n) is 7.02. The molecular formula is C29H43NO4Si. The van der Waals surface area contributed by atoms with E-state index in [1.165, 1.54) is 10.4 Å². The summed E-state index contributed by atoms with van der Waals surface area (Å²) in [5, 5.41) is 5.49. The number of methoxy groups -OCH3 is 1. The molecule has 0 heterocycles. The Hall–Kier alpha value is -2.15. The van der Waals surface area contributed by atoms with E-state index in [1.807, 2.05) is 20.8 Å². The second-order valence-electron chi connectivity index (χ2n) is 11.8. The molecule has 2 aromatic rings. The van der Waals surface area contributed by atoms with Gasteiger partial charge in [-0.1, -0.05) is 81.4 Å². The maximum Gasteiger partial charge on any atom is 0.407 e. The van der Waals surface area contributed by atoms with Crippen molar-refractivity contribution < 1.29 is 18.7 Å². The summed E-state index contributed by atoms with van der Waals surface area (Å²) in [6.07, 6.45) is 2.95. The molecule has 1 aliphatic rings. The molecule has 0 radical (unpaired) electrons. The summed E-state index contributed by atoms with van der Waals surface area (Å²) < 4.78 is 18.8. The van der Waals surface area contributed by atoms with Crippen LogP contribution in [0.5, 0.6) is 0 Å². The van der Waals surface area contributed by atoms with E-state index in [1.54, 1.807) is 7.11 Å². The first-order valence-corrected chi connectivity index (χ1v) is 14.6. The van der Waals surface area contributed by atoms with Gasteiger partial charge in [-0.05, 0) is 61.9 Å². The number of ether oxygens (including phenoxy) is 2. The third kappa shape index (κ3) is 6.54. The molecule has 0 aromatic heterocycles. The fourth-order valence-corrected chi connectivity index (χ4v) is 9.81. The molecule has 192 valence electrons. The van der Waals surface area contributed by atoms with E-state index in [9.17, 15) is 4.79 Å². The van der Waals surface area contributed by atoms with E-state index in [4.69, 9.17) is 13.9 Å². The molecule has 0 unspecified atom stereocenters. The summed E-state index contributed by atoms with van der Waals surface area (Å²) >= 11 is 0. The van der Waals surface area contributed by atoms with Crippen molar-refractivity contribution in [2.45, 2.75) is 89.5 Å². The molecule has 2 aromatic carbocycles. The lowest BCUT2D eigenvalue weighted by atomic mass is 9.82. The van der Waals surface area contributed by atoms with Crippen molar-refractivity contribution in [2.24, 2.45) is 0 Å². The predicted molar refractivity (Wildman–Crippen MR) is 145 cm³/mol. The Kier molecular flexibility index (Phi) is 8.51. The minimum Gasteiger partial charge on any atom is -0.444 e. The largest absolute Gasteiger partial charge is 0.444 e. The van der Waals surface area contributed by atoms with Gasteiger partial charge in [-0.25, -0.2) is 4.79 Å². The summed E-state index contributed by atoms with van der Waals surface area (Å²) in [5.41, 5.74) is -0.877. The fraction of sp³-hybridized carbons (Fsp3) is 0.552. The zero-order chi connectivity index (χ0) is 25.7. The Bertz CT molecular complexity index is 903. The number of hydrogen-bond donors (Lipinski definition) is 1. The Morgan fingerprint density at radius 2 is 1.40 bits per heavy atom. The van der Waals surface area contributed by atoms with Gasteiger partial charge in [-0.2, -0.15) is 0 Å². The molecule has 3 rings (SSSR count). The minimum absolute atomic E-state index is 0.0832. The number of nitrogens with one attached hydrogen (secondary N) is 1. The Balaban J connectivity index is 1.81. The van der Waals surface area contributed by atoms with Crippen LogP contribution < -0.4 is 15.7 Å². The fourth-order valence-electron chi connectivity index (χ4n) is 5.17. The highest BCUT2D eigenvalue weighted by Gasteiger charge is 2.51. The van der Waals surface area contributed by atoms with Gasteiger partial charge in [-0.15, -0.1) is 0 Å². The number of carbonyl (C=O) groups excluding carboxylic acids is 1. The van der Waals surface area contributed by atoms with Crippen molar-refractivity contribution in [1.82, 2.24) is 5.32 Å². The monoisotopic (exact) mass is 497 g/mol. The van der Waals surface area contributed by atoms with Crippen LogP contribution in [0.3, 0.4) is 0 Å². The number of rotatable bonds is 7. The maximum absolute atomic E-state index is 12.3. The molecule has 1 aliphatic carbocycles. The van der Waals surface area contributed by atoms with Gasteiger partial charge in [0.2, 0.25) is 0 Å². The van der Waals surface area contributed by atoms with Crippen LogP contribution in [0.25, 0.3) is 0 Å². The molecule has 1 N–H and O–H groups in total. The van der Waals surface area contributed by atoms with E-state index in [-0.39, 0.29) is 22.8 Å². The van der Waals surface area contributed by atoms with Crippen molar-refractivity contribution in [3.8, 4) is 0 Å². The van der Waals surface area contributed by atoms with E-state index < -0.39 is 13.9 Å². The standard InChI is InChI=1S/C29H43NO4Si/c1-27(2,3)34-26(31)30-23-18-20-29(32-7,21-19-23)22-33-35(28(4,5)6,24-14-10-8-11-15-24)25-16-12-9-13-17-25/h8-17,23H,18-22H2,1-7H3,(H,30,31). The first-order valence-electron chi connectivity index (χ1n) is 12.7. The SMILES string of the molecule is COC1(CO[Si](c2ccccc2)(c2ccccc2)C(C)(C)C)CCC(NC(=O)OC(C)(C)C)CC1. The van der Waals surface area contributed by atoms with Gasteiger partial charge in [0, 0.05) is 13.2 Å². The molecule has 0 spiro atoms. The van der Waals surface area contributed by atoms with E-state index in [2.05, 4.69) is 86.8 Å². The van der Waals surface area contributed by atoms with Crippen LogP contribution >= 0.6 is 0 Å². The normalized spacial score (nSPS) is 21.4. The third-order valence-corrected chi connectivity index (χ3v) is 12.0. The molecule has 35 heavy (non-hydrogen) atoms. The molecule has 1 fully saturated rings. The first-order chi connectivity index (χ1) is 16.4. The Labute approximate surface area is 212 Å². The van der Waals surface area contributed by atoms with Gasteiger partial charge < -0.3 is 19.2 Å². The van der Waals surface area contributed by atoms with Crippen molar-refractivity contribution in [3.63, 3.8) is 0 Å². The Morgan fingerprint density at radius 3 is 1.80 bits per heavy atom. The number of amides is 1. The van der Waals surface area contributed by atoms with Gasteiger partial charge in [0.05, 0.1) is 12.2 Å². The number of alkyl carbamates (subject to hydrolysis) is 1. The first kappa shape index (κ1) is 27.4.